The van der Waals surface area contributed by atoms with E-state index in [0.717, 1.165) is 30.6 Å². The Morgan fingerprint density at radius 1 is 1.14 bits per heavy atom. The molecule has 0 spiro atoms. The minimum Gasteiger partial charge on any atom is -0.490 e. The topological polar surface area (TPSA) is 81.9 Å². The van der Waals surface area contributed by atoms with E-state index in [1.807, 2.05) is 18.2 Å². The number of benzene rings is 2. The summed E-state index contributed by atoms with van der Waals surface area (Å²) >= 11 is 1.30. The van der Waals surface area contributed by atoms with Crippen molar-refractivity contribution in [2.75, 3.05) is 26.0 Å². The second-order valence-electron chi connectivity index (χ2n) is 7.06. The number of fused-ring (bicyclic) bond motifs is 1. The first-order valence-corrected chi connectivity index (χ1v) is 10.8. The monoisotopic (exact) mass is 414 g/mol. The molecular formula is C21H22N2O5S. The van der Waals surface area contributed by atoms with Gasteiger partial charge in [0.1, 0.15) is 0 Å². The molecular weight excluding hydrogens is 392 g/mol. The highest BCUT2D eigenvalue weighted by atomic mass is 32.2. The van der Waals surface area contributed by atoms with E-state index in [1.165, 1.54) is 17.8 Å². The minimum atomic E-state index is -0.437. The predicted octanol–water partition coefficient (Wildman–Crippen LogP) is 4.46. The van der Waals surface area contributed by atoms with E-state index < -0.39 is 4.92 Å². The molecule has 0 radical (unpaired) electrons. The van der Waals surface area contributed by atoms with Crippen molar-refractivity contribution < 1.29 is 19.2 Å². The molecule has 2 heterocycles. The summed E-state index contributed by atoms with van der Waals surface area (Å²) in [6, 6.07) is 10.4. The van der Waals surface area contributed by atoms with Crippen LogP contribution >= 0.6 is 11.8 Å². The fourth-order valence-corrected chi connectivity index (χ4v) is 4.42. The van der Waals surface area contributed by atoms with E-state index in [2.05, 4.69) is 0 Å². The zero-order valence-corrected chi connectivity index (χ0v) is 16.9. The van der Waals surface area contributed by atoms with Crippen LogP contribution in [0.1, 0.15) is 41.2 Å². The molecule has 2 aromatic carbocycles. The van der Waals surface area contributed by atoms with E-state index in [-0.39, 0.29) is 17.6 Å². The van der Waals surface area contributed by atoms with E-state index >= 15 is 0 Å². The van der Waals surface area contributed by atoms with Gasteiger partial charge >= 0.3 is 0 Å². The smallest absolute Gasteiger partial charge is 0.283 e. The van der Waals surface area contributed by atoms with Crippen LogP contribution in [-0.2, 0) is 0 Å². The number of hydrogen-bond acceptors (Lipinski definition) is 6. The van der Waals surface area contributed by atoms with Crippen molar-refractivity contribution >= 4 is 23.4 Å². The lowest BCUT2D eigenvalue weighted by Crippen LogP contribution is -2.30. The number of carbonyl (C=O) groups is 1. The summed E-state index contributed by atoms with van der Waals surface area (Å²) in [6.07, 6.45) is 4.35. The number of rotatable bonds is 4. The predicted molar refractivity (Wildman–Crippen MR) is 110 cm³/mol. The second kappa shape index (κ2) is 8.32. The zero-order valence-electron chi connectivity index (χ0n) is 16.1. The molecule has 1 amide bonds. The second-order valence-corrected chi connectivity index (χ2v) is 7.91. The molecule has 29 heavy (non-hydrogen) atoms. The Balaban J connectivity index is 1.62. The first-order valence-electron chi connectivity index (χ1n) is 9.61. The molecule has 0 aromatic heterocycles. The summed E-state index contributed by atoms with van der Waals surface area (Å²) in [5.74, 6) is 1.25. The van der Waals surface area contributed by atoms with Crippen molar-refractivity contribution in [1.82, 2.24) is 4.90 Å². The number of nitrogens with zero attached hydrogens (tertiary/aromatic N) is 2. The van der Waals surface area contributed by atoms with Gasteiger partial charge in [-0.3, -0.25) is 14.9 Å². The lowest BCUT2D eigenvalue weighted by Gasteiger charge is -2.26. The third kappa shape index (κ3) is 3.89. The number of nitro benzene ring substituents is 1. The Bertz CT molecular complexity index is 949. The Morgan fingerprint density at radius 3 is 2.69 bits per heavy atom. The highest BCUT2D eigenvalue weighted by Crippen LogP contribution is 2.39. The Labute approximate surface area is 173 Å². The summed E-state index contributed by atoms with van der Waals surface area (Å²) in [5, 5.41) is 11.4. The normalized spacial score (nSPS) is 18.4. The number of ether oxygens (including phenoxy) is 2. The van der Waals surface area contributed by atoms with Crippen molar-refractivity contribution in [3.05, 3.63) is 57.6 Å². The van der Waals surface area contributed by atoms with Crippen LogP contribution < -0.4 is 9.47 Å². The van der Waals surface area contributed by atoms with Gasteiger partial charge in [0, 0.05) is 24.6 Å². The molecule has 1 fully saturated rings. The zero-order chi connectivity index (χ0) is 20.4. The number of thioether (sulfide) groups is 1. The third-order valence-electron chi connectivity index (χ3n) is 5.29. The van der Waals surface area contributed by atoms with E-state index in [4.69, 9.17) is 9.47 Å². The molecule has 152 valence electrons. The molecule has 4 rings (SSSR count). The van der Waals surface area contributed by atoms with Crippen molar-refractivity contribution in [2.24, 2.45) is 0 Å². The van der Waals surface area contributed by atoms with Crippen molar-refractivity contribution in [2.45, 2.75) is 30.2 Å². The van der Waals surface area contributed by atoms with Gasteiger partial charge in [-0.15, -0.1) is 11.8 Å². The van der Waals surface area contributed by atoms with Crippen LogP contribution in [0.25, 0.3) is 0 Å². The van der Waals surface area contributed by atoms with Crippen LogP contribution in [0.2, 0.25) is 0 Å². The van der Waals surface area contributed by atoms with Crippen molar-refractivity contribution in [1.29, 1.82) is 0 Å². The number of hydrogen-bond donors (Lipinski definition) is 0. The molecule has 0 N–H and O–H groups in total. The first kappa shape index (κ1) is 19.6. The lowest BCUT2D eigenvalue weighted by atomic mass is 10.0. The minimum absolute atomic E-state index is 0.0327. The Hall–Kier alpha value is -2.74. The standard InChI is InChI=1S/C21H22N2O5S/c1-29-20-8-6-15(12-17(20)23(25)26)21(24)22-9-2-4-16(22)14-5-7-18-19(13-14)28-11-3-10-27-18/h5-8,12-13,16H,2-4,9-11H2,1H3. The Kier molecular flexibility index (Phi) is 5.62. The molecule has 2 aliphatic heterocycles. The molecule has 2 aliphatic rings. The van der Waals surface area contributed by atoms with Gasteiger partial charge in [-0.25, -0.2) is 0 Å². The number of carbonyl (C=O) groups excluding carboxylic acids is 1. The van der Waals surface area contributed by atoms with Crippen LogP contribution in [0.3, 0.4) is 0 Å². The van der Waals surface area contributed by atoms with Gasteiger partial charge in [-0.1, -0.05) is 6.07 Å². The van der Waals surface area contributed by atoms with Crippen LogP contribution in [-0.4, -0.2) is 41.7 Å². The summed E-state index contributed by atoms with van der Waals surface area (Å²) in [5.41, 5.74) is 1.31. The quantitative estimate of drug-likeness (QED) is 0.417. The first-order chi connectivity index (χ1) is 14.1. The largest absolute Gasteiger partial charge is 0.490 e. The fourth-order valence-electron chi connectivity index (χ4n) is 3.88. The molecule has 0 saturated carbocycles. The highest BCUT2D eigenvalue weighted by molar-refractivity contribution is 7.98. The number of likely N-dealkylation sites (tertiary alicyclic amines) is 1. The number of amides is 1. The van der Waals surface area contributed by atoms with E-state index in [1.54, 1.807) is 23.3 Å². The average Bonchev–Trinajstić information content (AvgIpc) is 3.11. The summed E-state index contributed by atoms with van der Waals surface area (Å²) < 4.78 is 11.5. The van der Waals surface area contributed by atoms with Gasteiger partial charge in [-0.2, -0.15) is 0 Å². The van der Waals surface area contributed by atoms with Crippen molar-refractivity contribution in [3.8, 4) is 11.5 Å². The van der Waals surface area contributed by atoms with Crippen LogP contribution in [0, 0.1) is 10.1 Å². The summed E-state index contributed by atoms with van der Waals surface area (Å²) in [6.45, 7) is 1.86. The third-order valence-corrected chi connectivity index (χ3v) is 6.08. The maximum atomic E-state index is 13.2. The van der Waals surface area contributed by atoms with Crippen LogP contribution in [0.15, 0.2) is 41.3 Å². The fraction of sp³-hybridized carbons (Fsp3) is 0.381. The molecule has 0 bridgehead atoms. The highest BCUT2D eigenvalue weighted by Gasteiger charge is 2.32. The molecule has 1 atom stereocenters. The molecule has 2 aromatic rings. The lowest BCUT2D eigenvalue weighted by molar-refractivity contribution is -0.387. The van der Waals surface area contributed by atoms with Gasteiger partial charge < -0.3 is 14.4 Å². The Morgan fingerprint density at radius 2 is 1.93 bits per heavy atom. The maximum Gasteiger partial charge on any atom is 0.283 e. The van der Waals surface area contributed by atoms with Crippen LogP contribution in [0.4, 0.5) is 5.69 Å². The van der Waals surface area contributed by atoms with Crippen molar-refractivity contribution in [3.63, 3.8) is 0 Å². The summed E-state index contributed by atoms with van der Waals surface area (Å²) in [4.78, 5) is 26.5. The SMILES string of the molecule is CSc1ccc(C(=O)N2CCCC2c2ccc3c(c2)OCCCO3)cc1[N+](=O)[O-]. The molecule has 0 aliphatic carbocycles. The van der Waals surface area contributed by atoms with E-state index in [0.29, 0.717) is 36.0 Å². The van der Waals surface area contributed by atoms with Gasteiger partial charge in [0.2, 0.25) is 0 Å². The molecule has 8 heteroatoms. The van der Waals surface area contributed by atoms with E-state index in [9.17, 15) is 14.9 Å². The van der Waals surface area contributed by atoms with Crippen LogP contribution in [0.5, 0.6) is 11.5 Å². The van der Waals surface area contributed by atoms with Gasteiger partial charge in [0.15, 0.2) is 11.5 Å². The summed E-state index contributed by atoms with van der Waals surface area (Å²) in [7, 11) is 0. The van der Waals surface area contributed by atoms with Gasteiger partial charge in [0.05, 0.1) is 29.1 Å². The van der Waals surface area contributed by atoms with Gasteiger partial charge in [-0.05, 0) is 48.9 Å². The molecule has 1 saturated heterocycles. The maximum absolute atomic E-state index is 13.2. The van der Waals surface area contributed by atoms with Gasteiger partial charge in [0.25, 0.3) is 11.6 Å². The molecule has 7 nitrogen and oxygen atoms in total. The number of nitro groups is 1. The average molecular weight is 414 g/mol. The molecule has 1 unspecified atom stereocenters.